The van der Waals surface area contributed by atoms with Crippen LogP contribution in [0.5, 0.6) is 0 Å². The Morgan fingerprint density at radius 2 is 2.00 bits per heavy atom. The summed E-state index contributed by atoms with van der Waals surface area (Å²) in [5.41, 5.74) is 2.65. The summed E-state index contributed by atoms with van der Waals surface area (Å²) < 4.78 is 0. The fourth-order valence-corrected chi connectivity index (χ4v) is 0.216. The maximum absolute atomic E-state index is 9.15. The summed E-state index contributed by atoms with van der Waals surface area (Å²) in [6.45, 7) is 8.62. The Bertz CT molecular complexity index is 122. The van der Waals surface area contributed by atoms with Gasteiger partial charge in [-0.1, -0.05) is 6.58 Å². The molecule has 0 aromatic rings. The van der Waals surface area contributed by atoms with Crippen LogP contribution in [-0.2, 0) is 0 Å². The second-order valence-corrected chi connectivity index (χ2v) is 2.36. The van der Waals surface area contributed by atoms with E-state index in [0.717, 1.165) is 5.57 Å². The maximum atomic E-state index is 9.15. The lowest BCUT2D eigenvalue weighted by Gasteiger charge is -2.14. The van der Waals surface area contributed by atoms with Crippen LogP contribution < -0.4 is 0 Å². The van der Waals surface area contributed by atoms with E-state index in [1.54, 1.807) is 20.8 Å². The van der Waals surface area contributed by atoms with E-state index in [1.165, 1.54) is 0 Å². The number of hydrogen-bond donors (Lipinski definition) is 1. The third-order valence-corrected chi connectivity index (χ3v) is 1.18. The van der Waals surface area contributed by atoms with Crippen molar-refractivity contribution in [1.29, 1.82) is 0 Å². The van der Waals surface area contributed by atoms with Gasteiger partial charge in [0.25, 0.3) is 0 Å². The molecule has 0 fully saturated rings. The normalized spacial score (nSPS) is 10.5. The van der Waals surface area contributed by atoms with Gasteiger partial charge in [-0.3, -0.25) is 0 Å². The molecule has 1 nitrogen and oxygen atoms in total. The molecule has 0 unspecified atom stereocenters. The molecule has 8 heavy (non-hydrogen) atoms. The molecule has 0 aliphatic rings. The molecule has 1 N–H and O–H groups in total. The SMILES string of the molecule is C=C=C(C)C(C)(C)O. The molecule has 0 aromatic carbocycles. The molecular weight excluding hydrogens is 100 g/mol. The van der Waals surface area contributed by atoms with E-state index in [-0.39, 0.29) is 0 Å². The van der Waals surface area contributed by atoms with Crippen molar-refractivity contribution in [2.24, 2.45) is 0 Å². The highest BCUT2D eigenvalue weighted by Crippen LogP contribution is 2.11. The van der Waals surface area contributed by atoms with Crippen molar-refractivity contribution >= 4 is 0 Å². The molecular formula is C7H12O. The lowest BCUT2D eigenvalue weighted by atomic mass is 10.0. The van der Waals surface area contributed by atoms with Crippen LogP contribution >= 0.6 is 0 Å². The van der Waals surface area contributed by atoms with Gasteiger partial charge in [0.05, 0.1) is 5.60 Å². The van der Waals surface area contributed by atoms with Gasteiger partial charge in [0.1, 0.15) is 0 Å². The number of rotatable bonds is 1. The third kappa shape index (κ3) is 1.97. The number of hydrogen-bond acceptors (Lipinski definition) is 1. The smallest absolute Gasteiger partial charge is 0.0871 e. The van der Waals surface area contributed by atoms with Crippen molar-refractivity contribution < 1.29 is 5.11 Å². The molecule has 0 aliphatic carbocycles. The molecule has 1 heteroatoms. The molecule has 46 valence electrons. The Morgan fingerprint density at radius 1 is 1.62 bits per heavy atom. The van der Waals surface area contributed by atoms with E-state index in [4.69, 9.17) is 5.11 Å². The van der Waals surface area contributed by atoms with E-state index in [1.807, 2.05) is 0 Å². The summed E-state index contributed by atoms with van der Waals surface area (Å²) in [7, 11) is 0. The first-order valence-electron chi connectivity index (χ1n) is 2.58. The van der Waals surface area contributed by atoms with Gasteiger partial charge in [-0.05, 0) is 26.3 Å². The van der Waals surface area contributed by atoms with Gasteiger partial charge >= 0.3 is 0 Å². The maximum Gasteiger partial charge on any atom is 0.0871 e. The van der Waals surface area contributed by atoms with Crippen molar-refractivity contribution in [3.05, 3.63) is 17.9 Å². The monoisotopic (exact) mass is 112 g/mol. The minimum absolute atomic E-state index is 0.748. The molecule has 0 radical (unpaired) electrons. The summed E-state index contributed by atoms with van der Waals surface area (Å²) in [5, 5.41) is 9.15. The zero-order chi connectivity index (χ0) is 6.78. The van der Waals surface area contributed by atoms with E-state index < -0.39 is 5.60 Å². The van der Waals surface area contributed by atoms with Crippen molar-refractivity contribution in [3.8, 4) is 0 Å². The van der Waals surface area contributed by atoms with Crippen molar-refractivity contribution in [1.82, 2.24) is 0 Å². The van der Waals surface area contributed by atoms with E-state index in [2.05, 4.69) is 12.3 Å². The van der Waals surface area contributed by atoms with Gasteiger partial charge in [0, 0.05) is 0 Å². The summed E-state index contributed by atoms with van der Waals surface area (Å²) in [4.78, 5) is 0. The predicted octanol–water partition coefficient (Wildman–Crippen LogP) is 1.49. The van der Waals surface area contributed by atoms with E-state index >= 15 is 0 Å². The molecule has 0 saturated heterocycles. The van der Waals surface area contributed by atoms with Crippen LogP contribution in [0, 0.1) is 0 Å². The minimum Gasteiger partial charge on any atom is -0.385 e. The van der Waals surface area contributed by atoms with Gasteiger partial charge in [0.2, 0.25) is 0 Å². The summed E-state index contributed by atoms with van der Waals surface area (Å²) in [6, 6.07) is 0. The van der Waals surface area contributed by atoms with Crippen LogP contribution in [0.15, 0.2) is 17.9 Å². The molecule has 0 aliphatic heterocycles. The fourth-order valence-electron chi connectivity index (χ4n) is 0.216. The molecule has 0 atom stereocenters. The molecule has 0 amide bonds. The minimum atomic E-state index is -0.748. The van der Waals surface area contributed by atoms with Crippen LogP contribution in [0.25, 0.3) is 0 Å². The first-order valence-corrected chi connectivity index (χ1v) is 2.58. The molecule has 0 rings (SSSR count). The van der Waals surface area contributed by atoms with Crippen LogP contribution in [-0.4, -0.2) is 10.7 Å². The van der Waals surface area contributed by atoms with Gasteiger partial charge in [-0.15, -0.1) is 5.73 Å². The highest BCUT2D eigenvalue weighted by molar-refractivity contribution is 5.07. The van der Waals surface area contributed by atoms with Crippen LogP contribution in [0.3, 0.4) is 0 Å². The molecule has 0 saturated carbocycles. The lowest BCUT2D eigenvalue weighted by Crippen LogP contribution is -2.19. The van der Waals surface area contributed by atoms with Gasteiger partial charge in [0.15, 0.2) is 0 Å². The Hall–Kier alpha value is -0.520. The Balaban J connectivity index is 4.26. The van der Waals surface area contributed by atoms with Gasteiger partial charge in [-0.25, -0.2) is 0 Å². The summed E-state index contributed by atoms with van der Waals surface area (Å²) >= 11 is 0. The average molecular weight is 112 g/mol. The predicted molar refractivity (Wildman–Crippen MR) is 34.6 cm³/mol. The van der Waals surface area contributed by atoms with Gasteiger partial charge < -0.3 is 5.11 Å². The van der Waals surface area contributed by atoms with Crippen LogP contribution in [0.4, 0.5) is 0 Å². The van der Waals surface area contributed by atoms with Crippen LogP contribution in [0.1, 0.15) is 20.8 Å². The first kappa shape index (κ1) is 7.48. The zero-order valence-corrected chi connectivity index (χ0v) is 5.65. The molecule has 0 bridgehead atoms. The fraction of sp³-hybridized carbons (Fsp3) is 0.571. The molecule has 0 aromatic heterocycles. The lowest BCUT2D eigenvalue weighted by molar-refractivity contribution is 0.120. The van der Waals surface area contributed by atoms with E-state index in [9.17, 15) is 0 Å². The summed E-state index contributed by atoms with van der Waals surface area (Å²) in [6.07, 6.45) is 0. The van der Waals surface area contributed by atoms with Crippen molar-refractivity contribution in [2.45, 2.75) is 26.4 Å². The second kappa shape index (κ2) is 2.17. The Labute approximate surface area is 50.3 Å². The zero-order valence-electron chi connectivity index (χ0n) is 5.65. The second-order valence-electron chi connectivity index (χ2n) is 2.36. The summed E-state index contributed by atoms with van der Waals surface area (Å²) in [5.74, 6) is 0. The third-order valence-electron chi connectivity index (χ3n) is 1.18. The first-order chi connectivity index (χ1) is 3.48. The standard InChI is InChI=1S/C7H12O/c1-5-6(2)7(3,4)8/h8H,1H2,2-4H3. The average Bonchev–Trinajstić information content (AvgIpc) is 1.62. The van der Waals surface area contributed by atoms with Crippen LogP contribution in [0.2, 0.25) is 0 Å². The molecule has 0 heterocycles. The number of aliphatic hydroxyl groups is 1. The van der Waals surface area contributed by atoms with Crippen molar-refractivity contribution in [2.75, 3.05) is 0 Å². The highest BCUT2D eigenvalue weighted by atomic mass is 16.3. The Morgan fingerprint density at radius 3 is 2.00 bits per heavy atom. The largest absolute Gasteiger partial charge is 0.385 e. The van der Waals surface area contributed by atoms with E-state index in [0.29, 0.717) is 0 Å². The topological polar surface area (TPSA) is 20.2 Å². The van der Waals surface area contributed by atoms with Crippen molar-refractivity contribution in [3.63, 3.8) is 0 Å². The quantitative estimate of drug-likeness (QED) is 0.509. The van der Waals surface area contributed by atoms with Gasteiger partial charge in [-0.2, -0.15) is 0 Å². The molecule has 0 spiro atoms. The Kier molecular flexibility index (Phi) is 2.02. The highest BCUT2D eigenvalue weighted by Gasteiger charge is 2.13.